The highest BCUT2D eigenvalue weighted by Crippen LogP contribution is 1.95. The number of rotatable bonds is 4. The lowest BCUT2D eigenvalue weighted by Crippen LogP contribution is -2.15. The Morgan fingerprint density at radius 2 is 2.50 bits per heavy atom. The van der Waals surface area contributed by atoms with Crippen molar-refractivity contribution in [2.45, 2.75) is 19.4 Å². The summed E-state index contributed by atoms with van der Waals surface area (Å²) in [6.07, 6.45) is -1.05. The van der Waals surface area contributed by atoms with E-state index in [1.807, 2.05) is 0 Å². The second-order valence-electron chi connectivity index (χ2n) is 1.67. The van der Waals surface area contributed by atoms with Crippen molar-refractivity contribution in [3.8, 4) is 6.07 Å². The second-order valence-corrected chi connectivity index (χ2v) is 1.67. The van der Waals surface area contributed by atoms with Gasteiger partial charge in [-0.3, -0.25) is 4.79 Å². The Balaban J connectivity index is 3.63. The lowest BCUT2D eigenvalue weighted by molar-refractivity contribution is -0.139. The molecule has 4 nitrogen and oxygen atoms in total. The van der Waals surface area contributed by atoms with Gasteiger partial charge in [-0.1, -0.05) is 0 Å². The molecule has 0 aliphatic heterocycles. The van der Waals surface area contributed by atoms with Crippen LogP contribution in [0, 0.1) is 11.3 Å². The summed E-state index contributed by atoms with van der Waals surface area (Å²) in [4.78, 5) is 10.0. The molecule has 0 saturated heterocycles. The smallest absolute Gasteiger partial charge is 0.307 e. The fraction of sp³-hybridized carbons (Fsp3) is 0.667. The van der Waals surface area contributed by atoms with Crippen LogP contribution >= 0.6 is 0 Å². The van der Waals surface area contributed by atoms with Gasteiger partial charge in [0.2, 0.25) is 0 Å². The van der Waals surface area contributed by atoms with E-state index < -0.39 is 12.1 Å². The van der Waals surface area contributed by atoms with Crippen LogP contribution in [0.25, 0.3) is 0 Å². The standard InChI is InChI=1S/C6H9NO3/c1-2-10-5(4-7)3-6(8)9/h5H,2-3H2,1H3,(H,8,9)/t5-/m0/s1. The van der Waals surface area contributed by atoms with Gasteiger partial charge in [0.05, 0.1) is 12.5 Å². The highest BCUT2D eigenvalue weighted by atomic mass is 16.5. The third kappa shape index (κ3) is 3.87. The normalized spacial score (nSPS) is 12.0. The van der Waals surface area contributed by atoms with Crippen molar-refractivity contribution in [2.24, 2.45) is 0 Å². The molecule has 0 aliphatic rings. The molecule has 0 aromatic heterocycles. The van der Waals surface area contributed by atoms with Gasteiger partial charge in [-0.25, -0.2) is 0 Å². The average Bonchev–Trinajstić information content (AvgIpc) is 1.86. The van der Waals surface area contributed by atoms with Gasteiger partial charge in [-0.05, 0) is 6.92 Å². The van der Waals surface area contributed by atoms with Crippen molar-refractivity contribution < 1.29 is 14.6 Å². The van der Waals surface area contributed by atoms with E-state index in [2.05, 4.69) is 0 Å². The van der Waals surface area contributed by atoms with Gasteiger partial charge in [0.25, 0.3) is 0 Å². The van der Waals surface area contributed by atoms with Crippen LogP contribution in [0.3, 0.4) is 0 Å². The van der Waals surface area contributed by atoms with Gasteiger partial charge in [-0.2, -0.15) is 5.26 Å². The number of carbonyl (C=O) groups is 1. The quantitative estimate of drug-likeness (QED) is 0.618. The number of hydrogen-bond donors (Lipinski definition) is 1. The monoisotopic (exact) mass is 143 g/mol. The zero-order valence-corrected chi connectivity index (χ0v) is 5.70. The van der Waals surface area contributed by atoms with Crippen molar-refractivity contribution in [2.75, 3.05) is 6.61 Å². The maximum absolute atomic E-state index is 10.0. The van der Waals surface area contributed by atoms with E-state index in [-0.39, 0.29) is 6.42 Å². The molecule has 10 heavy (non-hydrogen) atoms. The topological polar surface area (TPSA) is 70.3 Å². The summed E-state index contributed by atoms with van der Waals surface area (Å²) in [5.41, 5.74) is 0. The van der Waals surface area contributed by atoms with Crippen molar-refractivity contribution in [1.82, 2.24) is 0 Å². The average molecular weight is 143 g/mol. The van der Waals surface area contributed by atoms with E-state index in [0.717, 1.165) is 0 Å². The first kappa shape index (κ1) is 8.92. The Hall–Kier alpha value is -1.08. The van der Waals surface area contributed by atoms with Crippen molar-refractivity contribution in [3.05, 3.63) is 0 Å². The van der Waals surface area contributed by atoms with E-state index >= 15 is 0 Å². The molecular weight excluding hydrogens is 134 g/mol. The molecule has 0 bridgehead atoms. The fourth-order valence-electron chi connectivity index (χ4n) is 0.502. The molecule has 0 aliphatic carbocycles. The largest absolute Gasteiger partial charge is 0.481 e. The Kier molecular flexibility index (Phi) is 4.25. The van der Waals surface area contributed by atoms with Crippen LogP contribution in [0.4, 0.5) is 0 Å². The van der Waals surface area contributed by atoms with Gasteiger partial charge < -0.3 is 9.84 Å². The lowest BCUT2D eigenvalue weighted by Gasteiger charge is -2.03. The van der Waals surface area contributed by atoms with E-state index in [4.69, 9.17) is 15.1 Å². The molecule has 0 fully saturated rings. The Morgan fingerprint density at radius 1 is 1.90 bits per heavy atom. The molecule has 0 unspecified atom stereocenters. The first-order valence-corrected chi connectivity index (χ1v) is 2.93. The van der Waals surface area contributed by atoms with Crippen molar-refractivity contribution in [1.29, 1.82) is 5.26 Å². The molecule has 4 heteroatoms. The summed E-state index contributed by atoms with van der Waals surface area (Å²) in [6.45, 7) is 2.08. The maximum Gasteiger partial charge on any atom is 0.307 e. The molecule has 0 aromatic rings. The molecule has 0 radical (unpaired) electrons. The zero-order chi connectivity index (χ0) is 7.98. The number of ether oxygens (including phenoxy) is 1. The number of nitrogens with zero attached hydrogens (tertiary/aromatic N) is 1. The molecule has 0 rings (SSSR count). The molecular formula is C6H9NO3. The predicted octanol–water partition coefficient (Wildman–Crippen LogP) is 0.390. The summed E-state index contributed by atoms with van der Waals surface area (Å²) in [5, 5.41) is 16.5. The molecule has 0 saturated carbocycles. The first-order chi connectivity index (χ1) is 4.70. The minimum Gasteiger partial charge on any atom is -0.481 e. The fourth-order valence-corrected chi connectivity index (χ4v) is 0.502. The van der Waals surface area contributed by atoms with Crippen LogP contribution in [0.15, 0.2) is 0 Å². The second kappa shape index (κ2) is 4.77. The minimum absolute atomic E-state index is 0.246. The number of carboxylic acid groups (broad SMARTS) is 1. The molecule has 56 valence electrons. The summed E-state index contributed by atoms with van der Waals surface area (Å²) in [6, 6.07) is 1.73. The third-order valence-corrected chi connectivity index (χ3v) is 0.872. The molecule has 1 atom stereocenters. The van der Waals surface area contributed by atoms with Crippen molar-refractivity contribution in [3.63, 3.8) is 0 Å². The molecule has 0 heterocycles. The van der Waals surface area contributed by atoms with Gasteiger partial charge in [0, 0.05) is 6.61 Å². The highest BCUT2D eigenvalue weighted by Gasteiger charge is 2.10. The number of aliphatic carboxylic acids is 1. The van der Waals surface area contributed by atoms with Gasteiger partial charge in [0.15, 0.2) is 6.10 Å². The van der Waals surface area contributed by atoms with Crippen LogP contribution in [-0.4, -0.2) is 23.8 Å². The maximum atomic E-state index is 10.0. The number of carboxylic acids is 1. The Bertz CT molecular complexity index is 150. The van der Waals surface area contributed by atoms with Crippen LogP contribution in [0.1, 0.15) is 13.3 Å². The summed E-state index contributed by atoms with van der Waals surface area (Å²) >= 11 is 0. The van der Waals surface area contributed by atoms with E-state index in [9.17, 15) is 4.79 Å². The first-order valence-electron chi connectivity index (χ1n) is 2.93. The molecule has 0 amide bonds. The third-order valence-electron chi connectivity index (χ3n) is 0.872. The SMILES string of the molecule is CCO[C@H](C#N)CC(=O)O. The van der Waals surface area contributed by atoms with Gasteiger partial charge in [-0.15, -0.1) is 0 Å². The molecule has 0 spiro atoms. The predicted molar refractivity (Wildman–Crippen MR) is 33.3 cm³/mol. The van der Waals surface area contributed by atoms with Crippen LogP contribution < -0.4 is 0 Å². The summed E-state index contributed by atoms with van der Waals surface area (Å²) in [7, 11) is 0. The zero-order valence-electron chi connectivity index (χ0n) is 5.70. The van der Waals surface area contributed by atoms with Gasteiger partial charge in [0.1, 0.15) is 0 Å². The lowest BCUT2D eigenvalue weighted by atomic mass is 10.3. The minimum atomic E-state index is -1.01. The Morgan fingerprint density at radius 3 is 2.80 bits per heavy atom. The van der Waals surface area contributed by atoms with Crippen LogP contribution in [-0.2, 0) is 9.53 Å². The van der Waals surface area contributed by atoms with E-state index in [0.29, 0.717) is 6.61 Å². The summed E-state index contributed by atoms with van der Waals surface area (Å²) in [5.74, 6) is -1.01. The van der Waals surface area contributed by atoms with Crippen molar-refractivity contribution >= 4 is 5.97 Å². The Labute approximate surface area is 59.0 Å². The molecule has 0 aromatic carbocycles. The van der Waals surface area contributed by atoms with Crippen LogP contribution in [0.5, 0.6) is 0 Å². The van der Waals surface area contributed by atoms with Gasteiger partial charge >= 0.3 is 5.97 Å². The highest BCUT2D eigenvalue weighted by molar-refractivity contribution is 5.67. The van der Waals surface area contributed by atoms with E-state index in [1.54, 1.807) is 13.0 Å². The van der Waals surface area contributed by atoms with E-state index in [1.165, 1.54) is 0 Å². The summed E-state index contributed by atoms with van der Waals surface area (Å²) < 4.78 is 4.76. The number of nitriles is 1. The number of hydrogen-bond acceptors (Lipinski definition) is 3. The molecule has 1 N–H and O–H groups in total. The van der Waals surface area contributed by atoms with Crippen LogP contribution in [0.2, 0.25) is 0 Å².